The van der Waals surface area contributed by atoms with Gasteiger partial charge in [-0.05, 0) is 18.2 Å². The van der Waals surface area contributed by atoms with Crippen molar-refractivity contribution in [1.82, 2.24) is 9.78 Å². The second-order valence-electron chi connectivity index (χ2n) is 3.67. The number of nitrogens with zero attached hydrogens (tertiary/aromatic N) is 1. The lowest BCUT2D eigenvalue weighted by atomic mass is 10.3. The van der Waals surface area contributed by atoms with Crippen LogP contribution in [0.5, 0.6) is 0 Å². The second kappa shape index (κ2) is 3.61. The van der Waals surface area contributed by atoms with E-state index < -0.39 is 0 Å². The normalized spacial score (nSPS) is 14.1. The molecule has 4 nitrogen and oxygen atoms in total. The van der Waals surface area contributed by atoms with Crippen molar-refractivity contribution in [3.05, 3.63) is 50.3 Å². The molecule has 0 spiro atoms. The maximum Gasteiger partial charge on any atom is 0.270 e. The maximum atomic E-state index is 11.6. The van der Waals surface area contributed by atoms with Crippen LogP contribution in [0.3, 0.4) is 0 Å². The summed E-state index contributed by atoms with van der Waals surface area (Å²) in [4.78, 5) is 11.6. The summed E-state index contributed by atoms with van der Waals surface area (Å²) in [6.07, 6.45) is 0. The van der Waals surface area contributed by atoms with E-state index in [4.69, 9.17) is 4.74 Å². The quantitative estimate of drug-likeness (QED) is 0.868. The van der Waals surface area contributed by atoms with E-state index in [1.807, 2.05) is 24.3 Å². The predicted octanol–water partition coefficient (Wildman–Crippen LogP) is 1.96. The molecule has 0 radical (unpaired) electrons. The van der Waals surface area contributed by atoms with Crippen LogP contribution in [0.15, 0.2) is 33.5 Å². The van der Waals surface area contributed by atoms with E-state index in [0.717, 1.165) is 21.4 Å². The topological polar surface area (TPSA) is 47.0 Å². The maximum absolute atomic E-state index is 11.6. The SMILES string of the molecule is O=c1[nH]n(-c2cccc(Br)c2)c2c1COC2. The minimum absolute atomic E-state index is 0.0625. The van der Waals surface area contributed by atoms with E-state index >= 15 is 0 Å². The van der Waals surface area contributed by atoms with E-state index in [1.54, 1.807) is 4.68 Å². The highest BCUT2D eigenvalue weighted by Gasteiger charge is 2.21. The Bertz CT molecular complexity index is 600. The summed E-state index contributed by atoms with van der Waals surface area (Å²) in [5.74, 6) is 0. The molecule has 0 saturated carbocycles. The molecule has 1 aliphatic heterocycles. The van der Waals surface area contributed by atoms with Gasteiger partial charge in [0.1, 0.15) is 0 Å². The van der Waals surface area contributed by atoms with Crippen LogP contribution >= 0.6 is 15.9 Å². The molecule has 82 valence electrons. The molecule has 0 atom stereocenters. The van der Waals surface area contributed by atoms with E-state index in [2.05, 4.69) is 21.0 Å². The Hall–Kier alpha value is -1.33. The number of rotatable bonds is 1. The van der Waals surface area contributed by atoms with Gasteiger partial charge in [0.05, 0.1) is 30.2 Å². The summed E-state index contributed by atoms with van der Waals surface area (Å²) < 4.78 is 8.04. The molecule has 1 N–H and O–H groups in total. The first-order valence-electron chi connectivity index (χ1n) is 4.92. The van der Waals surface area contributed by atoms with Crippen LogP contribution in [0.1, 0.15) is 11.3 Å². The summed E-state index contributed by atoms with van der Waals surface area (Å²) in [5.41, 5.74) is 2.52. The Kier molecular flexibility index (Phi) is 2.22. The Labute approximate surface area is 100.0 Å². The number of aromatic nitrogens is 2. The van der Waals surface area contributed by atoms with Crippen molar-refractivity contribution in [2.24, 2.45) is 0 Å². The Morgan fingerprint density at radius 1 is 1.38 bits per heavy atom. The average molecular weight is 281 g/mol. The zero-order valence-corrected chi connectivity index (χ0v) is 9.95. The number of fused-ring (bicyclic) bond motifs is 1. The Morgan fingerprint density at radius 3 is 3.06 bits per heavy atom. The van der Waals surface area contributed by atoms with Gasteiger partial charge in [0.25, 0.3) is 5.56 Å². The molecule has 0 saturated heterocycles. The number of ether oxygens (including phenoxy) is 1. The van der Waals surface area contributed by atoms with Gasteiger partial charge in [0.2, 0.25) is 0 Å². The van der Waals surface area contributed by atoms with E-state index in [9.17, 15) is 4.79 Å². The summed E-state index contributed by atoms with van der Waals surface area (Å²) in [5, 5.41) is 2.82. The van der Waals surface area contributed by atoms with Crippen LogP contribution < -0.4 is 5.56 Å². The molecule has 3 rings (SSSR count). The van der Waals surface area contributed by atoms with Crippen molar-refractivity contribution in [1.29, 1.82) is 0 Å². The average Bonchev–Trinajstić information content (AvgIpc) is 2.83. The van der Waals surface area contributed by atoms with Gasteiger partial charge in [-0.1, -0.05) is 22.0 Å². The number of halogens is 1. The van der Waals surface area contributed by atoms with E-state index in [0.29, 0.717) is 13.2 Å². The van der Waals surface area contributed by atoms with Crippen molar-refractivity contribution in [2.45, 2.75) is 13.2 Å². The first-order valence-corrected chi connectivity index (χ1v) is 5.71. The molecule has 0 unspecified atom stereocenters. The molecular weight excluding hydrogens is 272 g/mol. The molecule has 16 heavy (non-hydrogen) atoms. The largest absolute Gasteiger partial charge is 0.370 e. The first-order chi connectivity index (χ1) is 7.75. The second-order valence-corrected chi connectivity index (χ2v) is 4.59. The highest BCUT2D eigenvalue weighted by Crippen LogP contribution is 2.21. The highest BCUT2D eigenvalue weighted by atomic mass is 79.9. The van der Waals surface area contributed by atoms with Gasteiger partial charge in [0, 0.05) is 4.47 Å². The number of aromatic amines is 1. The van der Waals surface area contributed by atoms with E-state index in [1.165, 1.54) is 0 Å². The standard InChI is InChI=1S/C11H9BrN2O2/c12-7-2-1-3-8(4-7)14-10-6-16-5-9(10)11(15)13-14/h1-4H,5-6H2,(H,13,15). The molecule has 0 amide bonds. The third kappa shape index (κ3) is 1.44. The molecule has 0 bridgehead atoms. The van der Waals surface area contributed by atoms with Crippen molar-refractivity contribution >= 4 is 15.9 Å². The van der Waals surface area contributed by atoms with Crippen molar-refractivity contribution in [2.75, 3.05) is 0 Å². The number of nitrogens with one attached hydrogen (secondary N) is 1. The molecular formula is C11H9BrN2O2. The van der Waals surface area contributed by atoms with Crippen LogP contribution in [0.25, 0.3) is 5.69 Å². The fraction of sp³-hybridized carbons (Fsp3) is 0.182. The fourth-order valence-electron chi connectivity index (χ4n) is 1.89. The van der Waals surface area contributed by atoms with Gasteiger partial charge in [-0.3, -0.25) is 14.6 Å². The number of hydrogen-bond donors (Lipinski definition) is 1. The van der Waals surface area contributed by atoms with Crippen LogP contribution in [0.4, 0.5) is 0 Å². The molecule has 0 aliphatic carbocycles. The lowest BCUT2D eigenvalue weighted by molar-refractivity contribution is 0.130. The van der Waals surface area contributed by atoms with Crippen LogP contribution in [0.2, 0.25) is 0 Å². The fourth-order valence-corrected chi connectivity index (χ4v) is 2.28. The number of benzene rings is 1. The summed E-state index contributed by atoms with van der Waals surface area (Å²) in [6, 6.07) is 7.77. The van der Waals surface area contributed by atoms with Gasteiger partial charge in [-0.25, -0.2) is 0 Å². The minimum Gasteiger partial charge on any atom is -0.370 e. The molecule has 5 heteroatoms. The monoisotopic (exact) mass is 280 g/mol. The lowest BCUT2D eigenvalue weighted by Gasteiger charge is -2.06. The first kappa shape index (κ1) is 9.86. The molecule has 2 heterocycles. The van der Waals surface area contributed by atoms with Crippen molar-refractivity contribution in [3.63, 3.8) is 0 Å². The Balaban J connectivity index is 2.21. The smallest absolute Gasteiger partial charge is 0.270 e. The van der Waals surface area contributed by atoms with Crippen LogP contribution in [0, 0.1) is 0 Å². The summed E-state index contributed by atoms with van der Waals surface area (Å²) in [7, 11) is 0. The third-order valence-corrected chi connectivity index (χ3v) is 3.15. The highest BCUT2D eigenvalue weighted by molar-refractivity contribution is 9.10. The molecule has 2 aromatic rings. The summed E-state index contributed by atoms with van der Waals surface area (Å²) in [6.45, 7) is 0.895. The zero-order chi connectivity index (χ0) is 11.1. The minimum atomic E-state index is -0.0625. The van der Waals surface area contributed by atoms with Crippen LogP contribution in [-0.4, -0.2) is 9.78 Å². The molecule has 1 aromatic carbocycles. The van der Waals surface area contributed by atoms with E-state index in [-0.39, 0.29) is 5.56 Å². The zero-order valence-electron chi connectivity index (χ0n) is 8.37. The molecule has 1 aromatic heterocycles. The van der Waals surface area contributed by atoms with Gasteiger partial charge >= 0.3 is 0 Å². The predicted molar refractivity (Wildman–Crippen MR) is 62.6 cm³/mol. The number of hydrogen-bond acceptors (Lipinski definition) is 2. The van der Waals surface area contributed by atoms with Gasteiger partial charge < -0.3 is 4.74 Å². The van der Waals surface area contributed by atoms with Crippen molar-refractivity contribution in [3.8, 4) is 5.69 Å². The summed E-state index contributed by atoms with van der Waals surface area (Å²) >= 11 is 3.41. The number of H-pyrrole nitrogens is 1. The van der Waals surface area contributed by atoms with Crippen molar-refractivity contribution < 1.29 is 4.74 Å². The Morgan fingerprint density at radius 2 is 2.25 bits per heavy atom. The van der Waals surface area contributed by atoms with Gasteiger partial charge in [-0.15, -0.1) is 0 Å². The third-order valence-electron chi connectivity index (χ3n) is 2.66. The lowest BCUT2D eigenvalue weighted by Crippen LogP contribution is -2.08. The van der Waals surface area contributed by atoms with Crippen LogP contribution in [-0.2, 0) is 18.0 Å². The van der Waals surface area contributed by atoms with Gasteiger partial charge in [0.15, 0.2) is 0 Å². The molecule has 0 fully saturated rings. The molecule has 1 aliphatic rings. The van der Waals surface area contributed by atoms with Gasteiger partial charge in [-0.2, -0.15) is 0 Å².